The fraction of sp³-hybridized carbons (Fsp3) is 0.444. The average molecular weight is 281 g/mol. The van der Waals surface area contributed by atoms with Gasteiger partial charge in [0.1, 0.15) is 0 Å². The van der Waals surface area contributed by atoms with E-state index in [0.717, 1.165) is 23.2 Å². The van der Waals surface area contributed by atoms with Crippen LogP contribution in [0.25, 0.3) is 10.9 Å². The minimum atomic E-state index is -0.0751. The van der Waals surface area contributed by atoms with Crippen LogP contribution in [0.2, 0.25) is 0 Å². The number of benzene rings is 1. The van der Waals surface area contributed by atoms with E-state index in [1.807, 2.05) is 25.1 Å². The second kappa shape index (κ2) is 4.55. The van der Waals surface area contributed by atoms with Crippen molar-refractivity contribution in [1.29, 1.82) is 0 Å². The molecule has 1 aromatic carbocycles. The third-order valence-electron chi connectivity index (χ3n) is 5.32. The molecule has 2 aliphatic carbocycles. The van der Waals surface area contributed by atoms with Crippen LogP contribution in [-0.4, -0.2) is 10.8 Å². The first-order valence-corrected chi connectivity index (χ1v) is 7.83. The van der Waals surface area contributed by atoms with E-state index < -0.39 is 0 Å². The molecule has 1 heterocycles. The van der Waals surface area contributed by atoms with Crippen LogP contribution >= 0.6 is 0 Å². The highest BCUT2D eigenvalue weighted by Crippen LogP contribution is 2.39. The monoisotopic (exact) mass is 281 g/mol. The van der Waals surface area contributed by atoms with Crippen LogP contribution in [0.3, 0.4) is 0 Å². The lowest BCUT2D eigenvalue weighted by Crippen LogP contribution is -2.34. The van der Waals surface area contributed by atoms with Crippen molar-refractivity contribution in [2.75, 3.05) is 0 Å². The molecule has 4 rings (SSSR count). The van der Waals surface area contributed by atoms with Gasteiger partial charge in [-0.1, -0.05) is 31.4 Å². The predicted molar refractivity (Wildman–Crippen MR) is 82.8 cm³/mol. The van der Waals surface area contributed by atoms with Gasteiger partial charge in [-0.05, 0) is 36.8 Å². The number of pyridine rings is 1. The Bertz CT molecular complexity index is 799. The predicted octanol–water partition coefficient (Wildman–Crippen LogP) is 3.38. The third kappa shape index (κ3) is 1.87. The first kappa shape index (κ1) is 12.8. The Morgan fingerprint density at radius 1 is 1.10 bits per heavy atom. The molecule has 0 saturated heterocycles. The summed E-state index contributed by atoms with van der Waals surface area (Å²) in [5, 5.41) is 0.673. The molecule has 0 spiro atoms. The summed E-state index contributed by atoms with van der Waals surface area (Å²) in [6.07, 6.45) is 5.17. The molecule has 1 unspecified atom stereocenters. The molecule has 1 saturated carbocycles. The zero-order valence-electron chi connectivity index (χ0n) is 12.2. The minimum Gasteiger partial charge on any atom is -0.358 e. The first-order chi connectivity index (χ1) is 10.1. The molecule has 0 bridgehead atoms. The van der Waals surface area contributed by atoms with E-state index in [2.05, 4.69) is 4.98 Å². The number of hydrogen-bond acceptors (Lipinski definition) is 2. The molecule has 1 N–H and O–H groups in total. The zero-order chi connectivity index (χ0) is 14.6. The first-order valence-electron chi connectivity index (χ1n) is 7.83. The van der Waals surface area contributed by atoms with Crippen molar-refractivity contribution in [2.24, 2.45) is 11.8 Å². The highest BCUT2D eigenvalue weighted by molar-refractivity contribution is 6.01. The van der Waals surface area contributed by atoms with Crippen LogP contribution in [0, 0.1) is 18.8 Å². The lowest BCUT2D eigenvalue weighted by atomic mass is 9.69. The van der Waals surface area contributed by atoms with Gasteiger partial charge in [0.05, 0.1) is 5.56 Å². The van der Waals surface area contributed by atoms with Crippen LogP contribution in [0.5, 0.6) is 0 Å². The number of Topliss-reactive ketones (excluding diaryl/α,β-unsaturated/α-hetero) is 1. The van der Waals surface area contributed by atoms with Gasteiger partial charge < -0.3 is 4.98 Å². The summed E-state index contributed by atoms with van der Waals surface area (Å²) in [5.41, 5.74) is 3.01. The maximum atomic E-state index is 12.7. The Morgan fingerprint density at radius 2 is 1.90 bits per heavy atom. The molecule has 1 atom stereocenters. The molecule has 108 valence electrons. The van der Waals surface area contributed by atoms with E-state index in [0.29, 0.717) is 29.2 Å². The normalized spacial score (nSPS) is 22.1. The molecule has 1 fully saturated rings. The summed E-state index contributed by atoms with van der Waals surface area (Å²) in [5.74, 6) is 1.15. The largest absolute Gasteiger partial charge is 0.358 e. The Morgan fingerprint density at radius 3 is 2.62 bits per heavy atom. The fourth-order valence-corrected chi connectivity index (χ4v) is 3.93. The molecule has 2 aliphatic rings. The van der Waals surface area contributed by atoms with Gasteiger partial charge in [0.2, 0.25) is 5.43 Å². The Kier molecular flexibility index (Phi) is 2.78. The van der Waals surface area contributed by atoms with Gasteiger partial charge in [-0.25, -0.2) is 0 Å². The molecule has 3 nitrogen and oxygen atoms in total. The Balaban J connectivity index is 1.90. The summed E-state index contributed by atoms with van der Waals surface area (Å²) in [6, 6.07) is 5.81. The smallest absolute Gasteiger partial charge is 0.200 e. The van der Waals surface area contributed by atoms with E-state index in [1.54, 1.807) is 0 Å². The number of hydrogen-bond donors (Lipinski definition) is 1. The van der Waals surface area contributed by atoms with Gasteiger partial charge in [0.25, 0.3) is 0 Å². The van der Waals surface area contributed by atoms with Gasteiger partial charge in [0.15, 0.2) is 5.78 Å². The van der Waals surface area contributed by atoms with Crippen molar-refractivity contribution in [1.82, 2.24) is 4.98 Å². The van der Waals surface area contributed by atoms with Crippen molar-refractivity contribution in [3.8, 4) is 0 Å². The Labute approximate surface area is 123 Å². The summed E-state index contributed by atoms with van der Waals surface area (Å²) in [4.78, 5) is 28.6. The van der Waals surface area contributed by atoms with Crippen LogP contribution in [0.15, 0.2) is 23.0 Å². The molecule has 0 aliphatic heterocycles. The number of aromatic amines is 1. The minimum absolute atomic E-state index is 0.0413. The van der Waals surface area contributed by atoms with E-state index >= 15 is 0 Å². The molecule has 0 radical (unpaired) electrons. The quantitative estimate of drug-likeness (QED) is 0.871. The van der Waals surface area contributed by atoms with Gasteiger partial charge in [-0.2, -0.15) is 0 Å². The Hall–Kier alpha value is -1.90. The lowest BCUT2D eigenvalue weighted by Gasteiger charge is -2.36. The van der Waals surface area contributed by atoms with Crippen molar-refractivity contribution < 1.29 is 4.79 Å². The van der Waals surface area contributed by atoms with E-state index in [9.17, 15) is 9.59 Å². The van der Waals surface area contributed by atoms with Crippen LogP contribution in [0.4, 0.5) is 0 Å². The van der Waals surface area contributed by atoms with Gasteiger partial charge in [-0.3, -0.25) is 9.59 Å². The average Bonchev–Trinajstić information content (AvgIpc) is 2.35. The second-order valence-corrected chi connectivity index (χ2v) is 6.59. The molecular formula is C18H19NO2. The number of fused-ring (bicyclic) bond motifs is 2. The highest BCUT2D eigenvalue weighted by Gasteiger charge is 2.35. The second-order valence-electron chi connectivity index (χ2n) is 6.59. The molecule has 0 amide bonds. The molecule has 2 aromatic rings. The summed E-state index contributed by atoms with van der Waals surface area (Å²) < 4.78 is 0. The number of nitrogens with one attached hydrogen (secondary N) is 1. The van der Waals surface area contributed by atoms with Crippen molar-refractivity contribution in [3.63, 3.8) is 0 Å². The number of rotatable bonds is 1. The lowest BCUT2D eigenvalue weighted by molar-refractivity contribution is 0.0888. The molecule has 3 heteroatoms. The van der Waals surface area contributed by atoms with Crippen LogP contribution < -0.4 is 5.43 Å². The third-order valence-corrected chi connectivity index (χ3v) is 5.32. The summed E-state index contributed by atoms with van der Waals surface area (Å²) >= 11 is 0. The van der Waals surface area contributed by atoms with Gasteiger partial charge in [0, 0.05) is 23.0 Å². The summed E-state index contributed by atoms with van der Waals surface area (Å²) in [7, 11) is 0. The number of aryl methyl sites for hydroxylation is 1. The summed E-state index contributed by atoms with van der Waals surface area (Å²) in [6.45, 7) is 1.93. The number of carbonyl (C=O) groups excluding carboxylic acids is 1. The SMILES string of the molecule is Cc1cccc2[nH]c3c(c(=O)c12)C(=O)CC(C1CCC1)C3. The number of aromatic nitrogens is 1. The topological polar surface area (TPSA) is 49.9 Å². The zero-order valence-corrected chi connectivity index (χ0v) is 12.2. The molecule has 1 aromatic heterocycles. The van der Waals surface area contributed by atoms with Crippen LogP contribution in [-0.2, 0) is 6.42 Å². The van der Waals surface area contributed by atoms with Crippen molar-refractivity contribution >= 4 is 16.7 Å². The number of carbonyl (C=O) groups is 1. The van der Waals surface area contributed by atoms with Crippen LogP contribution in [0.1, 0.15) is 47.3 Å². The van der Waals surface area contributed by atoms with Gasteiger partial charge in [-0.15, -0.1) is 0 Å². The molecular weight excluding hydrogens is 262 g/mol. The van der Waals surface area contributed by atoms with E-state index in [-0.39, 0.29) is 11.2 Å². The van der Waals surface area contributed by atoms with Crippen molar-refractivity contribution in [3.05, 3.63) is 45.2 Å². The maximum Gasteiger partial charge on any atom is 0.200 e. The number of H-pyrrole nitrogens is 1. The maximum absolute atomic E-state index is 12.7. The van der Waals surface area contributed by atoms with E-state index in [1.165, 1.54) is 19.3 Å². The fourth-order valence-electron chi connectivity index (χ4n) is 3.93. The highest BCUT2D eigenvalue weighted by atomic mass is 16.1. The number of ketones is 1. The van der Waals surface area contributed by atoms with Gasteiger partial charge >= 0.3 is 0 Å². The van der Waals surface area contributed by atoms with Crippen molar-refractivity contribution in [2.45, 2.75) is 39.0 Å². The standard InChI is InChI=1S/C18H19NO2/c1-10-4-2-7-13-16(10)18(21)17-14(19-13)8-12(9-15(17)20)11-5-3-6-11/h2,4,7,11-12H,3,5-6,8-9H2,1H3,(H,19,21). The molecule has 21 heavy (non-hydrogen) atoms. The van der Waals surface area contributed by atoms with E-state index in [4.69, 9.17) is 0 Å².